The van der Waals surface area contributed by atoms with E-state index in [1.807, 2.05) is 0 Å². The Morgan fingerprint density at radius 3 is 3.43 bits per heavy atom. The number of allylic oxidation sites excluding steroid dienone is 4. The van der Waals surface area contributed by atoms with Gasteiger partial charge in [-0.25, -0.2) is 0 Å². The van der Waals surface area contributed by atoms with Crippen LogP contribution >= 0.6 is 0 Å². The maximum Gasteiger partial charge on any atom is 0.0576 e. The zero-order valence-electron chi connectivity index (χ0n) is 8.23. The van der Waals surface area contributed by atoms with Crippen molar-refractivity contribution in [3.05, 3.63) is 24.3 Å². The van der Waals surface area contributed by atoms with E-state index < -0.39 is 12.3 Å². The van der Waals surface area contributed by atoms with Crippen LogP contribution in [0.25, 0.3) is 0 Å². The van der Waals surface area contributed by atoms with Crippen molar-refractivity contribution in [1.82, 2.24) is 0 Å². The van der Waals surface area contributed by atoms with Crippen molar-refractivity contribution in [2.45, 2.75) is 13.3 Å². The predicted octanol–water partition coefficient (Wildman–Crippen LogP) is 2.14. The summed E-state index contributed by atoms with van der Waals surface area (Å²) in [5.41, 5.74) is 0. The Bertz CT molecular complexity index is 225. The van der Waals surface area contributed by atoms with Gasteiger partial charge >= 0.3 is 0 Å². The SMILES string of the molecule is [2H]C1=CC=CC([2H])(C)C1([2H])[2H]. The molecule has 1 aliphatic rings. The number of hydrogen-bond donors (Lipinski definition) is 0. The molecule has 0 nitrogen and oxygen atoms in total. The van der Waals surface area contributed by atoms with Crippen LogP contribution in [0, 0.1) is 5.89 Å². The summed E-state index contributed by atoms with van der Waals surface area (Å²) < 4.78 is 29.6. The Balaban J connectivity index is 3.09. The fraction of sp³-hybridized carbons (Fsp3) is 0.429. The minimum absolute atomic E-state index is 0.127. The van der Waals surface area contributed by atoms with Crippen molar-refractivity contribution in [2.24, 2.45) is 5.89 Å². The molecule has 0 radical (unpaired) electrons. The molecule has 0 fully saturated rings. The Kier molecular flexibility index (Phi) is 0.498. The van der Waals surface area contributed by atoms with Crippen LogP contribution in [-0.4, -0.2) is 0 Å². The van der Waals surface area contributed by atoms with Gasteiger partial charge in [0.25, 0.3) is 0 Å². The van der Waals surface area contributed by atoms with E-state index in [-0.39, 0.29) is 6.05 Å². The average molecular weight is 98.2 g/mol. The van der Waals surface area contributed by atoms with Gasteiger partial charge in [0.2, 0.25) is 0 Å². The van der Waals surface area contributed by atoms with Crippen LogP contribution < -0.4 is 0 Å². The summed E-state index contributed by atoms with van der Waals surface area (Å²) in [6.45, 7) is 1.46. The Hall–Kier alpha value is -0.520. The lowest BCUT2D eigenvalue weighted by molar-refractivity contribution is 0.737. The van der Waals surface area contributed by atoms with Gasteiger partial charge in [0.1, 0.15) is 0 Å². The lowest BCUT2D eigenvalue weighted by atomic mass is 10.0. The number of hydrogen-bond acceptors (Lipinski definition) is 0. The number of rotatable bonds is 0. The Morgan fingerprint density at radius 2 is 2.86 bits per heavy atom. The van der Waals surface area contributed by atoms with Crippen molar-refractivity contribution < 1.29 is 5.48 Å². The van der Waals surface area contributed by atoms with Crippen molar-refractivity contribution in [2.75, 3.05) is 0 Å². The molecule has 1 rings (SSSR count). The minimum Gasteiger partial charge on any atom is -0.0840 e. The fourth-order valence-corrected chi connectivity index (χ4v) is 0.438. The van der Waals surface area contributed by atoms with E-state index in [9.17, 15) is 0 Å². The van der Waals surface area contributed by atoms with Gasteiger partial charge in [-0.15, -0.1) is 0 Å². The molecule has 38 valence electrons. The zero-order valence-corrected chi connectivity index (χ0v) is 4.23. The summed E-state index contributed by atoms with van der Waals surface area (Å²) >= 11 is 0. The zero-order chi connectivity index (χ0) is 8.70. The summed E-state index contributed by atoms with van der Waals surface area (Å²) in [5, 5.41) is 0. The Labute approximate surface area is 50.2 Å². The smallest absolute Gasteiger partial charge is 0.0576 e. The highest BCUT2D eigenvalue weighted by molar-refractivity contribution is 5.09. The van der Waals surface area contributed by atoms with Crippen molar-refractivity contribution >= 4 is 0 Å². The van der Waals surface area contributed by atoms with E-state index in [4.69, 9.17) is 5.48 Å². The molecule has 7 heavy (non-hydrogen) atoms. The van der Waals surface area contributed by atoms with Crippen molar-refractivity contribution in [1.29, 1.82) is 0 Å². The second-order valence-corrected chi connectivity index (χ2v) is 1.48. The molecule has 1 unspecified atom stereocenters. The third-order valence-electron chi connectivity index (χ3n) is 0.795. The molecule has 0 N–H and O–H groups in total. The van der Waals surface area contributed by atoms with Crippen LogP contribution in [0.1, 0.15) is 18.8 Å². The van der Waals surface area contributed by atoms with Gasteiger partial charge in [-0.3, -0.25) is 0 Å². The summed E-state index contributed by atoms with van der Waals surface area (Å²) in [6.07, 6.45) is 2.54. The van der Waals surface area contributed by atoms with Crippen LogP contribution in [-0.2, 0) is 0 Å². The van der Waals surface area contributed by atoms with Gasteiger partial charge in [-0.2, -0.15) is 0 Å². The lowest BCUT2D eigenvalue weighted by Gasteiger charge is -2.02. The van der Waals surface area contributed by atoms with Gasteiger partial charge in [0, 0.05) is 4.11 Å². The summed E-state index contributed by atoms with van der Waals surface area (Å²) in [4.78, 5) is 0. The van der Waals surface area contributed by atoms with E-state index in [2.05, 4.69) is 0 Å². The normalized spacial score (nSPS) is 55.9. The quantitative estimate of drug-likeness (QED) is 0.435. The van der Waals surface area contributed by atoms with Crippen LogP contribution in [0.3, 0.4) is 0 Å². The molecule has 0 aromatic heterocycles. The molecule has 0 aliphatic heterocycles. The molecule has 0 heteroatoms. The minimum atomic E-state index is -1.86. The van der Waals surface area contributed by atoms with E-state index in [1.165, 1.54) is 19.1 Å². The van der Waals surface area contributed by atoms with E-state index >= 15 is 0 Å². The van der Waals surface area contributed by atoms with Crippen LogP contribution in [0.2, 0.25) is 0 Å². The molecule has 0 saturated heterocycles. The van der Waals surface area contributed by atoms with Crippen LogP contribution in [0.5, 0.6) is 0 Å². The maximum absolute atomic E-state index is 7.54. The second kappa shape index (κ2) is 1.97. The summed E-state index contributed by atoms with van der Waals surface area (Å²) in [7, 11) is 0. The van der Waals surface area contributed by atoms with Gasteiger partial charge in [-0.1, -0.05) is 31.2 Å². The molecule has 0 spiro atoms. The molecule has 1 aliphatic carbocycles. The Morgan fingerprint density at radius 1 is 2.00 bits per heavy atom. The first-order valence-corrected chi connectivity index (χ1v) is 2.24. The highest BCUT2D eigenvalue weighted by Crippen LogP contribution is 2.08. The topological polar surface area (TPSA) is 0 Å². The van der Waals surface area contributed by atoms with Crippen LogP contribution in [0.15, 0.2) is 24.3 Å². The second-order valence-electron chi connectivity index (χ2n) is 1.48. The molecule has 0 aromatic carbocycles. The van der Waals surface area contributed by atoms with Gasteiger partial charge in [0.05, 0.1) is 1.37 Å². The van der Waals surface area contributed by atoms with E-state index in [1.54, 1.807) is 6.08 Å². The molecule has 0 amide bonds. The average Bonchev–Trinajstić information content (AvgIpc) is 1.84. The maximum atomic E-state index is 7.54. The molecule has 0 bridgehead atoms. The van der Waals surface area contributed by atoms with Gasteiger partial charge < -0.3 is 0 Å². The molecule has 0 heterocycles. The van der Waals surface area contributed by atoms with E-state index in [0.29, 0.717) is 0 Å². The van der Waals surface area contributed by atoms with Crippen molar-refractivity contribution in [3.63, 3.8) is 0 Å². The fourth-order valence-electron chi connectivity index (χ4n) is 0.438. The van der Waals surface area contributed by atoms with Crippen molar-refractivity contribution in [3.8, 4) is 0 Å². The van der Waals surface area contributed by atoms with Gasteiger partial charge in [-0.05, 0) is 12.3 Å². The highest BCUT2D eigenvalue weighted by atomic mass is 14.0. The summed E-state index contributed by atoms with van der Waals surface area (Å²) in [5.74, 6) is -1.31. The van der Waals surface area contributed by atoms with E-state index in [0.717, 1.165) is 0 Å². The van der Waals surface area contributed by atoms with Gasteiger partial charge in [0.15, 0.2) is 0 Å². The largest absolute Gasteiger partial charge is 0.0840 e. The third kappa shape index (κ3) is 1.19. The predicted molar refractivity (Wildman–Crippen MR) is 32.1 cm³/mol. The first kappa shape index (κ1) is 1.77. The molecule has 1 atom stereocenters. The monoisotopic (exact) mass is 98.1 g/mol. The summed E-state index contributed by atoms with van der Waals surface area (Å²) in [6, 6.07) is -0.127. The highest BCUT2D eigenvalue weighted by Gasteiger charge is 1.93. The molecule has 0 saturated carbocycles. The first-order chi connectivity index (χ1) is 4.88. The molecular weight excluding hydrogens is 84.1 g/mol. The lowest BCUT2D eigenvalue weighted by Crippen LogP contribution is -1.87. The third-order valence-corrected chi connectivity index (χ3v) is 0.795. The molecule has 0 aromatic rings. The first-order valence-electron chi connectivity index (χ1n) is 4.24. The van der Waals surface area contributed by atoms with Crippen LogP contribution in [0.4, 0.5) is 0 Å². The standard InChI is InChI=1S/C7H10/c1-7-5-3-2-4-6-7/h2-5,7H,6H2,1H3/i4D,6D2,7D. The molecular formula is C7H10.